The molecule has 1 atom stereocenters. The van der Waals surface area contributed by atoms with Crippen LogP contribution in [0.15, 0.2) is 0 Å². The summed E-state index contributed by atoms with van der Waals surface area (Å²) in [6.45, 7) is 12.6. The minimum absolute atomic E-state index is 0.0851. The van der Waals surface area contributed by atoms with E-state index in [0.29, 0.717) is 13.2 Å². The van der Waals surface area contributed by atoms with E-state index in [-0.39, 0.29) is 17.2 Å². The Bertz CT molecular complexity index is 212. The van der Waals surface area contributed by atoms with Crippen LogP contribution in [0.1, 0.15) is 41.0 Å². The Morgan fingerprint density at radius 3 is 2.11 bits per heavy atom. The fraction of sp³-hybridized carbons (Fsp3) is 1.00. The molecule has 0 rings (SSSR count). The van der Waals surface area contributed by atoms with Gasteiger partial charge in [-0.2, -0.15) is 0 Å². The predicted octanol–water partition coefficient (Wildman–Crippen LogP) is 2.22. The Balaban J connectivity index is 3.97. The van der Waals surface area contributed by atoms with E-state index in [1.807, 2.05) is 0 Å². The first-order valence-electron chi connectivity index (χ1n) is 6.61. The Kier molecular flexibility index (Phi) is 8.03. The largest absolute Gasteiger partial charge is 0.382 e. The van der Waals surface area contributed by atoms with Gasteiger partial charge in [0, 0.05) is 32.9 Å². The minimum atomic E-state index is -0.130. The second-order valence-corrected chi connectivity index (χ2v) is 6.29. The van der Waals surface area contributed by atoms with Gasteiger partial charge in [-0.1, -0.05) is 0 Å². The third kappa shape index (κ3) is 9.83. The number of hydrogen-bond donors (Lipinski definition) is 1. The maximum atomic E-state index is 5.85. The van der Waals surface area contributed by atoms with Crippen LogP contribution in [0, 0.1) is 0 Å². The van der Waals surface area contributed by atoms with Crippen LogP contribution in [0.5, 0.6) is 0 Å². The zero-order valence-electron chi connectivity index (χ0n) is 13.1. The lowest BCUT2D eigenvalue weighted by atomic mass is 10.1. The lowest BCUT2D eigenvalue weighted by Gasteiger charge is -2.27. The van der Waals surface area contributed by atoms with E-state index in [2.05, 4.69) is 39.9 Å². The molecule has 0 bridgehead atoms. The SMILES string of the molecule is COCC(CNC(C)(C)C)OCCC(C)(C)OC. The molecule has 0 radical (unpaired) electrons. The number of methoxy groups -OCH3 is 2. The Morgan fingerprint density at radius 2 is 1.67 bits per heavy atom. The summed E-state index contributed by atoms with van der Waals surface area (Å²) in [6.07, 6.45) is 0.959. The molecule has 0 aliphatic heterocycles. The van der Waals surface area contributed by atoms with Crippen molar-refractivity contribution in [2.75, 3.05) is 34.0 Å². The number of hydrogen-bond acceptors (Lipinski definition) is 4. The molecule has 0 aromatic heterocycles. The molecule has 4 heteroatoms. The van der Waals surface area contributed by atoms with Gasteiger partial charge in [0.05, 0.1) is 18.3 Å². The first kappa shape index (κ1) is 17.8. The summed E-state index contributed by atoms with van der Waals surface area (Å²) < 4.78 is 16.4. The summed E-state index contributed by atoms with van der Waals surface area (Å²) in [5.74, 6) is 0. The molecule has 0 heterocycles. The van der Waals surface area contributed by atoms with Crippen molar-refractivity contribution in [3.8, 4) is 0 Å². The van der Waals surface area contributed by atoms with Gasteiger partial charge in [0.2, 0.25) is 0 Å². The van der Waals surface area contributed by atoms with Crippen LogP contribution in [0.3, 0.4) is 0 Å². The van der Waals surface area contributed by atoms with Crippen molar-refractivity contribution in [2.24, 2.45) is 0 Å². The smallest absolute Gasteiger partial charge is 0.0932 e. The zero-order chi connectivity index (χ0) is 14.2. The van der Waals surface area contributed by atoms with E-state index in [1.165, 1.54) is 0 Å². The van der Waals surface area contributed by atoms with E-state index in [4.69, 9.17) is 14.2 Å². The molecule has 1 N–H and O–H groups in total. The average molecular weight is 261 g/mol. The molecule has 0 saturated carbocycles. The Labute approximate surface area is 112 Å². The normalized spacial score (nSPS) is 14.8. The number of ether oxygens (including phenoxy) is 3. The van der Waals surface area contributed by atoms with Gasteiger partial charge in [0.15, 0.2) is 0 Å². The number of rotatable bonds is 9. The van der Waals surface area contributed by atoms with Crippen LogP contribution < -0.4 is 5.32 Å². The van der Waals surface area contributed by atoms with Crippen molar-refractivity contribution in [1.82, 2.24) is 5.32 Å². The highest BCUT2D eigenvalue weighted by atomic mass is 16.5. The number of nitrogens with one attached hydrogen (secondary N) is 1. The van der Waals surface area contributed by atoms with Crippen LogP contribution in [-0.2, 0) is 14.2 Å². The van der Waals surface area contributed by atoms with Crippen molar-refractivity contribution >= 4 is 0 Å². The molecule has 0 fully saturated rings. The molecule has 0 aromatic rings. The second kappa shape index (κ2) is 8.10. The summed E-state index contributed by atoms with van der Waals surface area (Å²) in [5.41, 5.74) is -0.0315. The van der Waals surface area contributed by atoms with Crippen LogP contribution >= 0.6 is 0 Å². The summed E-state index contributed by atoms with van der Waals surface area (Å²) in [7, 11) is 3.43. The highest BCUT2D eigenvalue weighted by molar-refractivity contribution is 4.74. The molecule has 110 valence electrons. The molecule has 0 amide bonds. The molecule has 4 nitrogen and oxygen atoms in total. The van der Waals surface area contributed by atoms with E-state index in [1.54, 1.807) is 14.2 Å². The summed E-state index contributed by atoms with van der Waals surface area (Å²) >= 11 is 0. The van der Waals surface area contributed by atoms with E-state index >= 15 is 0 Å². The van der Waals surface area contributed by atoms with E-state index in [0.717, 1.165) is 13.0 Å². The lowest BCUT2D eigenvalue weighted by Crippen LogP contribution is -2.43. The first-order valence-corrected chi connectivity index (χ1v) is 6.61. The second-order valence-electron chi connectivity index (χ2n) is 6.29. The quantitative estimate of drug-likeness (QED) is 0.691. The average Bonchev–Trinajstić information content (AvgIpc) is 2.24. The molecule has 0 saturated heterocycles. The molecule has 1 unspecified atom stereocenters. The van der Waals surface area contributed by atoms with Gasteiger partial charge >= 0.3 is 0 Å². The van der Waals surface area contributed by atoms with Gasteiger partial charge in [0.1, 0.15) is 0 Å². The molecular formula is C14H31NO3. The van der Waals surface area contributed by atoms with Crippen molar-refractivity contribution in [2.45, 2.75) is 58.3 Å². The monoisotopic (exact) mass is 261 g/mol. The molecule has 0 aromatic carbocycles. The minimum Gasteiger partial charge on any atom is -0.382 e. The standard InChI is InChI=1S/C14H31NO3/c1-13(2,3)15-10-12(11-16-6)18-9-8-14(4,5)17-7/h12,15H,8-11H2,1-7H3. The highest BCUT2D eigenvalue weighted by Gasteiger charge is 2.18. The van der Waals surface area contributed by atoms with Gasteiger partial charge in [-0.05, 0) is 41.0 Å². The molecule has 0 aliphatic rings. The van der Waals surface area contributed by atoms with Crippen molar-refractivity contribution in [3.05, 3.63) is 0 Å². The predicted molar refractivity (Wildman–Crippen MR) is 75.1 cm³/mol. The highest BCUT2D eigenvalue weighted by Crippen LogP contribution is 2.13. The fourth-order valence-electron chi connectivity index (χ4n) is 1.35. The topological polar surface area (TPSA) is 39.7 Å². The maximum Gasteiger partial charge on any atom is 0.0932 e. The van der Waals surface area contributed by atoms with Crippen molar-refractivity contribution in [1.29, 1.82) is 0 Å². The van der Waals surface area contributed by atoms with Gasteiger partial charge < -0.3 is 19.5 Å². The molecule has 0 spiro atoms. The third-order valence-corrected chi connectivity index (χ3v) is 2.82. The molecule has 18 heavy (non-hydrogen) atoms. The van der Waals surface area contributed by atoms with Gasteiger partial charge in [0.25, 0.3) is 0 Å². The van der Waals surface area contributed by atoms with Crippen LogP contribution in [0.2, 0.25) is 0 Å². The summed E-state index contributed by atoms with van der Waals surface area (Å²) in [5, 5.41) is 3.43. The zero-order valence-corrected chi connectivity index (χ0v) is 13.1. The van der Waals surface area contributed by atoms with Gasteiger partial charge in [-0.25, -0.2) is 0 Å². The van der Waals surface area contributed by atoms with E-state index in [9.17, 15) is 0 Å². The maximum absolute atomic E-state index is 5.85. The summed E-state index contributed by atoms with van der Waals surface area (Å²) in [4.78, 5) is 0. The lowest BCUT2D eigenvalue weighted by molar-refractivity contribution is -0.0445. The van der Waals surface area contributed by atoms with Crippen molar-refractivity contribution in [3.63, 3.8) is 0 Å². The molecular weight excluding hydrogens is 230 g/mol. The third-order valence-electron chi connectivity index (χ3n) is 2.82. The Hall–Kier alpha value is -0.160. The fourth-order valence-corrected chi connectivity index (χ4v) is 1.35. The van der Waals surface area contributed by atoms with Crippen LogP contribution in [-0.4, -0.2) is 51.2 Å². The summed E-state index contributed by atoms with van der Waals surface area (Å²) in [6, 6.07) is 0. The first-order chi connectivity index (χ1) is 8.20. The van der Waals surface area contributed by atoms with Crippen LogP contribution in [0.4, 0.5) is 0 Å². The Morgan fingerprint density at radius 1 is 1.06 bits per heavy atom. The van der Waals surface area contributed by atoms with Crippen molar-refractivity contribution < 1.29 is 14.2 Å². The van der Waals surface area contributed by atoms with E-state index < -0.39 is 0 Å². The van der Waals surface area contributed by atoms with Crippen LogP contribution in [0.25, 0.3) is 0 Å². The van der Waals surface area contributed by atoms with Gasteiger partial charge in [-0.15, -0.1) is 0 Å². The molecule has 0 aliphatic carbocycles. The van der Waals surface area contributed by atoms with Gasteiger partial charge in [-0.3, -0.25) is 0 Å².